The van der Waals surface area contributed by atoms with Crippen molar-refractivity contribution in [2.24, 2.45) is 10.7 Å². The molecule has 0 saturated carbocycles. The van der Waals surface area contributed by atoms with Crippen LogP contribution in [0.25, 0.3) is 0 Å². The van der Waals surface area contributed by atoms with Gasteiger partial charge in [-0.05, 0) is 44.5 Å². The maximum absolute atomic E-state index is 13.6. The highest BCUT2D eigenvalue weighted by atomic mass is 127. The molecule has 1 aliphatic rings. The van der Waals surface area contributed by atoms with Crippen LogP contribution in [0.2, 0.25) is 5.02 Å². The van der Waals surface area contributed by atoms with Crippen LogP contribution in [0.1, 0.15) is 25.3 Å². The summed E-state index contributed by atoms with van der Waals surface area (Å²) in [5, 5.41) is 3.47. The molecule has 3 N–H and O–H groups in total. The van der Waals surface area contributed by atoms with E-state index >= 15 is 0 Å². The molecule has 0 amide bonds. The van der Waals surface area contributed by atoms with E-state index in [1.165, 1.54) is 18.9 Å². The average Bonchev–Trinajstić information content (AvgIpc) is 2.95. The van der Waals surface area contributed by atoms with Gasteiger partial charge in [-0.1, -0.05) is 24.6 Å². The zero-order chi connectivity index (χ0) is 15.9. The molecule has 0 radical (unpaired) electrons. The number of hydrogen-bond donors (Lipinski definition) is 2. The molecular weight excluding hydrogens is 430 g/mol. The molecule has 1 aromatic rings. The van der Waals surface area contributed by atoms with E-state index in [9.17, 15) is 4.39 Å². The summed E-state index contributed by atoms with van der Waals surface area (Å²) in [6, 6.07) is 5.20. The van der Waals surface area contributed by atoms with Crippen LogP contribution < -0.4 is 11.1 Å². The smallest absolute Gasteiger partial charge is 0.188 e. The summed E-state index contributed by atoms with van der Waals surface area (Å²) < 4.78 is 13.6. The fraction of sp³-hybridized carbons (Fsp3) is 0.562. The summed E-state index contributed by atoms with van der Waals surface area (Å²) in [7, 11) is 0. The lowest BCUT2D eigenvalue weighted by Crippen LogP contribution is -2.36. The van der Waals surface area contributed by atoms with Crippen LogP contribution in [0.15, 0.2) is 23.2 Å². The standard InChI is InChI=1S/C16H24ClFN4.HI/c1-2-22-10-4-5-12(22)11-21-16(19)20-9-8-13-14(17)6-3-7-15(13)18;/h3,6-7,12H,2,4-5,8-11H2,1H3,(H3,19,20,21);1H. The Morgan fingerprint density at radius 3 is 3.00 bits per heavy atom. The molecule has 4 nitrogen and oxygen atoms in total. The van der Waals surface area contributed by atoms with Crippen LogP contribution in [0, 0.1) is 5.82 Å². The van der Waals surface area contributed by atoms with Gasteiger partial charge in [0.2, 0.25) is 0 Å². The topological polar surface area (TPSA) is 53.6 Å². The molecule has 7 heteroatoms. The van der Waals surface area contributed by atoms with Crippen LogP contribution >= 0.6 is 35.6 Å². The maximum Gasteiger partial charge on any atom is 0.188 e. The van der Waals surface area contributed by atoms with Crippen molar-refractivity contribution < 1.29 is 4.39 Å². The molecule has 0 aliphatic carbocycles. The number of aliphatic imine (C=N–C) groups is 1. The third-order valence-corrected chi connectivity index (χ3v) is 4.47. The summed E-state index contributed by atoms with van der Waals surface area (Å²) in [4.78, 5) is 6.82. The second-order valence-electron chi connectivity index (χ2n) is 5.53. The molecule has 0 bridgehead atoms. The number of likely N-dealkylation sites (N-methyl/N-ethyl adjacent to an activating group) is 1. The Balaban J connectivity index is 0.00000264. The first-order valence-corrected chi connectivity index (χ1v) is 8.20. The van der Waals surface area contributed by atoms with Crippen molar-refractivity contribution in [3.8, 4) is 0 Å². The Kier molecular flexibility index (Phi) is 9.16. The number of benzene rings is 1. The monoisotopic (exact) mass is 454 g/mol. The number of nitrogens with two attached hydrogens (primary N) is 1. The second-order valence-corrected chi connectivity index (χ2v) is 5.93. The highest BCUT2D eigenvalue weighted by Crippen LogP contribution is 2.19. The molecule has 1 heterocycles. The van der Waals surface area contributed by atoms with Gasteiger partial charge in [0.15, 0.2) is 5.96 Å². The zero-order valence-electron chi connectivity index (χ0n) is 13.4. The first-order valence-electron chi connectivity index (χ1n) is 7.82. The van der Waals surface area contributed by atoms with Crippen LogP contribution in [-0.2, 0) is 6.42 Å². The van der Waals surface area contributed by atoms with Gasteiger partial charge in [-0.2, -0.15) is 0 Å². The molecule has 1 aliphatic heterocycles. The number of nitrogens with zero attached hydrogens (tertiary/aromatic N) is 2. The van der Waals surface area contributed by atoms with E-state index in [4.69, 9.17) is 17.3 Å². The number of halogens is 3. The van der Waals surface area contributed by atoms with Crippen LogP contribution in [0.3, 0.4) is 0 Å². The van der Waals surface area contributed by atoms with E-state index < -0.39 is 0 Å². The third-order valence-electron chi connectivity index (χ3n) is 4.12. The van der Waals surface area contributed by atoms with Gasteiger partial charge in [-0.15, -0.1) is 24.0 Å². The summed E-state index contributed by atoms with van der Waals surface area (Å²) in [5.41, 5.74) is 6.38. The van der Waals surface area contributed by atoms with Gasteiger partial charge in [-0.25, -0.2) is 4.39 Å². The number of nitrogens with one attached hydrogen (secondary N) is 1. The van der Waals surface area contributed by atoms with E-state index in [2.05, 4.69) is 22.1 Å². The SMILES string of the molecule is CCN1CCCC1CN=C(N)NCCc1c(F)cccc1Cl.I. The fourth-order valence-electron chi connectivity index (χ4n) is 2.86. The minimum Gasteiger partial charge on any atom is -0.370 e. The first kappa shape index (κ1) is 20.4. The summed E-state index contributed by atoms with van der Waals surface area (Å²) in [5.74, 6) is 0.129. The lowest BCUT2D eigenvalue weighted by molar-refractivity contribution is 0.273. The van der Waals surface area contributed by atoms with Crippen molar-refractivity contribution in [1.82, 2.24) is 10.2 Å². The summed E-state index contributed by atoms with van der Waals surface area (Å²) in [6.45, 7) is 5.60. The molecule has 0 aromatic heterocycles. The third kappa shape index (κ3) is 6.08. The van der Waals surface area contributed by atoms with E-state index in [1.807, 2.05) is 0 Å². The van der Waals surface area contributed by atoms with E-state index in [0.717, 1.165) is 13.1 Å². The van der Waals surface area contributed by atoms with Gasteiger partial charge < -0.3 is 11.1 Å². The maximum atomic E-state index is 13.6. The van der Waals surface area contributed by atoms with E-state index in [-0.39, 0.29) is 29.8 Å². The van der Waals surface area contributed by atoms with E-state index in [0.29, 0.717) is 42.1 Å². The quantitative estimate of drug-likeness (QED) is 0.395. The Labute approximate surface area is 159 Å². The molecule has 1 unspecified atom stereocenters. The van der Waals surface area contributed by atoms with Gasteiger partial charge >= 0.3 is 0 Å². The van der Waals surface area contributed by atoms with Gasteiger partial charge in [0, 0.05) is 23.2 Å². The fourth-order valence-corrected chi connectivity index (χ4v) is 3.12. The molecule has 1 saturated heterocycles. The number of hydrogen-bond acceptors (Lipinski definition) is 2. The largest absolute Gasteiger partial charge is 0.370 e. The Morgan fingerprint density at radius 2 is 2.30 bits per heavy atom. The van der Waals surface area contributed by atoms with Gasteiger partial charge in [-0.3, -0.25) is 9.89 Å². The normalized spacial score (nSPS) is 18.7. The van der Waals surface area contributed by atoms with Crippen LogP contribution in [0.5, 0.6) is 0 Å². The number of likely N-dealkylation sites (tertiary alicyclic amines) is 1. The molecule has 1 atom stereocenters. The van der Waals surface area contributed by atoms with Gasteiger partial charge in [0.25, 0.3) is 0 Å². The Morgan fingerprint density at radius 1 is 1.52 bits per heavy atom. The van der Waals surface area contributed by atoms with Crippen molar-refractivity contribution in [2.75, 3.05) is 26.2 Å². The van der Waals surface area contributed by atoms with Gasteiger partial charge in [0.1, 0.15) is 5.82 Å². The molecule has 1 fully saturated rings. The molecule has 2 rings (SSSR count). The zero-order valence-corrected chi connectivity index (χ0v) is 16.5. The van der Waals surface area contributed by atoms with Crippen molar-refractivity contribution in [3.05, 3.63) is 34.6 Å². The predicted molar refractivity (Wildman–Crippen MR) is 105 cm³/mol. The molecule has 1 aromatic carbocycles. The minimum absolute atomic E-state index is 0. The minimum atomic E-state index is -0.283. The van der Waals surface area contributed by atoms with Crippen molar-refractivity contribution >= 4 is 41.5 Å². The molecule has 0 spiro atoms. The van der Waals surface area contributed by atoms with E-state index in [1.54, 1.807) is 12.1 Å². The van der Waals surface area contributed by atoms with Crippen molar-refractivity contribution in [1.29, 1.82) is 0 Å². The Bertz CT molecular complexity index is 507. The molecular formula is C16H25ClFIN4. The lowest BCUT2D eigenvalue weighted by Gasteiger charge is -2.21. The highest BCUT2D eigenvalue weighted by Gasteiger charge is 2.22. The number of rotatable bonds is 6. The predicted octanol–water partition coefficient (Wildman–Crippen LogP) is 3.03. The van der Waals surface area contributed by atoms with Gasteiger partial charge in [0.05, 0.1) is 6.54 Å². The van der Waals surface area contributed by atoms with Crippen LogP contribution in [0.4, 0.5) is 4.39 Å². The Hall–Kier alpha value is -0.600. The second kappa shape index (κ2) is 10.3. The molecule has 23 heavy (non-hydrogen) atoms. The summed E-state index contributed by atoms with van der Waals surface area (Å²) in [6.07, 6.45) is 2.88. The summed E-state index contributed by atoms with van der Waals surface area (Å²) >= 11 is 5.99. The van der Waals surface area contributed by atoms with Crippen molar-refractivity contribution in [3.63, 3.8) is 0 Å². The number of guanidine groups is 1. The average molecular weight is 455 g/mol. The van der Waals surface area contributed by atoms with Crippen LogP contribution in [-0.4, -0.2) is 43.1 Å². The molecule has 130 valence electrons. The highest BCUT2D eigenvalue weighted by molar-refractivity contribution is 14.0. The first-order chi connectivity index (χ1) is 10.6. The van der Waals surface area contributed by atoms with Crippen molar-refractivity contribution in [2.45, 2.75) is 32.2 Å². The lowest BCUT2D eigenvalue weighted by atomic mass is 10.1.